The van der Waals surface area contributed by atoms with Crippen LogP contribution in [0.2, 0.25) is 0 Å². The van der Waals surface area contributed by atoms with Crippen molar-refractivity contribution in [3.8, 4) is 11.5 Å². The smallest absolute Gasteiger partial charge is 0.315 e. The average Bonchev–Trinajstić information content (AvgIpc) is 2.18. The van der Waals surface area contributed by atoms with Gasteiger partial charge >= 0.3 is 5.69 Å². The minimum atomic E-state index is -0.651. The standard InChI is InChI=1S/C8H7NO5/c1-13-7-4-2-3-6(9(11)12)8(7)14-5-10/h2-5H,1H3. The minimum absolute atomic E-state index is 0.116. The van der Waals surface area contributed by atoms with E-state index in [0.717, 1.165) is 0 Å². The highest BCUT2D eigenvalue weighted by Gasteiger charge is 2.19. The Morgan fingerprint density at radius 3 is 2.71 bits per heavy atom. The van der Waals surface area contributed by atoms with Gasteiger partial charge in [0, 0.05) is 6.07 Å². The van der Waals surface area contributed by atoms with E-state index >= 15 is 0 Å². The zero-order valence-corrected chi connectivity index (χ0v) is 7.30. The highest BCUT2D eigenvalue weighted by Crippen LogP contribution is 2.35. The number of hydrogen-bond donors (Lipinski definition) is 0. The van der Waals surface area contributed by atoms with Gasteiger partial charge < -0.3 is 9.47 Å². The van der Waals surface area contributed by atoms with Crippen LogP contribution in [0.3, 0.4) is 0 Å². The summed E-state index contributed by atoms with van der Waals surface area (Å²) in [4.78, 5) is 20.0. The molecular formula is C8H7NO5. The average molecular weight is 197 g/mol. The zero-order chi connectivity index (χ0) is 10.6. The van der Waals surface area contributed by atoms with Gasteiger partial charge in [0.25, 0.3) is 6.47 Å². The van der Waals surface area contributed by atoms with Crippen molar-refractivity contribution in [2.45, 2.75) is 0 Å². The number of nitrogens with zero attached hydrogens (tertiary/aromatic N) is 1. The Kier molecular flexibility index (Phi) is 3.01. The fraction of sp³-hybridized carbons (Fsp3) is 0.125. The lowest BCUT2D eigenvalue weighted by Gasteiger charge is -2.05. The maximum Gasteiger partial charge on any atom is 0.315 e. The number of rotatable bonds is 4. The van der Waals surface area contributed by atoms with Gasteiger partial charge in [0.1, 0.15) is 0 Å². The molecule has 1 aromatic rings. The van der Waals surface area contributed by atoms with E-state index in [1.165, 1.54) is 25.3 Å². The summed E-state index contributed by atoms with van der Waals surface area (Å²) in [6, 6.07) is 4.13. The van der Waals surface area contributed by atoms with Crippen molar-refractivity contribution in [2.24, 2.45) is 0 Å². The summed E-state index contributed by atoms with van der Waals surface area (Å²) in [5.41, 5.74) is -0.309. The molecule has 0 fully saturated rings. The second kappa shape index (κ2) is 4.22. The van der Waals surface area contributed by atoms with E-state index in [4.69, 9.17) is 4.74 Å². The molecule has 0 heterocycles. The molecule has 1 rings (SSSR count). The molecule has 0 atom stereocenters. The topological polar surface area (TPSA) is 78.7 Å². The first-order chi connectivity index (χ1) is 6.70. The predicted octanol–water partition coefficient (Wildman–Crippen LogP) is 1.14. The van der Waals surface area contributed by atoms with Gasteiger partial charge in [-0.25, -0.2) is 0 Å². The molecule has 0 aliphatic carbocycles. The lowest BCUT2D eigenvalue weighted by atomic mass is 10.3. The van der Waals surface area contributed by atoms with Crippen molar-refractivity contribution in [2.75, 3.05) is 7.11 Å². The molecule has 14 heavy (non-hydrogen) atoms. The van der Waals surface area contributed by atoms with Gasteiger partial charge in [-0.3, -0.25) is 14.9 Å². The van der Waals surface area contributed by atoms with Crippen molar-refractivity contribution in [1.29, 1.82) is 0 Å². The molecule has 0 aromatic heterocycles. The molecule has 74 valence electrons. The third-order valence-corrected chi connectivity index (χ3v) is 1.54. The monoisotopic (exact) mass is 197 g/mol. The Hall–Kier alpha value is -2.11. The lowest BCUT2D eigenvalue weighted by Crippen LogP contribution is -1.98. The number of benzene rings is 1. The first-order valence-electron chi connectivity index (χ1n) is 3.62. The minimum Gasteiger partial charge on any atom is -0.493 e. The summed E-state index contributed by atoms with van der Waals surface area (Å²) < 4.78 is 9.27. The van der Waals surface area contributed by atoms with Crippen LogP contribution in [0.25, 0.3) is 0 Å². The van der Waals surface area contributed by atoms with Crippen LogP contribution in [0.15, 0.2) is 18.2 Å². The van der Waals surface area contributed by atoms with Crippen molar-refractivity contribution in [3.05, 3.63) is 28.3 Å². The summed E-state index contributed by atoms with van der Waals surface area (Å²) in [6.45, 7) is 0.116. The van der Waals surface area contributed by atoms with Gasteiger partial charge in [-0.2, -0.15) is 0 Å². The Labute approximate surface area is 79.2 Å². The molecule has 0 amide bonds. The molecule has 0 saturated heterocycles. The molecule has 6 nitrogen and oxygen atoms in total. The third kappa shape index (κ3) is 1.79. The second-order valence-electron chi connectivity index (χ2n) is 2.28. The zero-order valence-electron chi connectivity index (χ0n) is 7.30. The predicted molar refractivity (Wildman–Crippen MR) is 46.3 cm³/mol. The molecule has 0 bridgehead atoms. The van der Waals surface area contributed by atoms with Gasteiger partial charge in [-0.15, -0.1) is 0 Å². The number of ether oxygens (including phenoxy) is 2. The van der Waals surface area contributed by atoms with E-state index in [-0.39, 0.29) is 23.7 Å². The van der Waals surface area contributed by atoms with Crippen LogP contribution >= 0.6 is 0 Å². The van der Waals surface area contributed by atoms with E-state index in [9.17, 15) is 14.9 Å². The Balaban J connectivity index is 3.27. The van der Waals surface area contributed by atoms with Gasteiger partial charge in [-0.05, 0) is 6.07 Å². The molecule has 0 radical (unpaired) electrons. The van der Waals surface area contributed by atoms with Crippen LogP contribution in [0.1, 0.15) is 0 Å². The quantitative estimate of drug-likeness (QED) is 0.410. The lowest BCUT2D eigenvalue weighted by molar-refractivity contribution is -0.385. The van der Waals surface area contributed by atoms with Crippen LogP contribution in [-0.4, -0.2) is 18.5 Å². The second-order valence-corrected chi connectivity index (χ2v) is 2.28. The first-order valence-corrected chi connectivity index (χ1v) is 3.62. The summed E-state index contributed by atoms with van der Waals surface area (Å²) in [5.74, 6) is -0.0405. The molecule has 0 aliphatic heterocycles. The fourth-order valence-electron chi connectivity index (χ4n) is 0.975. The summed E-state index contributed by atoms with van der Waals surface area (Å²) >= 11 is 0. The SMILES string of the molecule is COc1cccc([N+](=O)[O-])c1OC=O. The van der Waals surface area contributed by atoms with Crippen molar-refractivity contribution in [3.63, 3.8) is 0 Å². The number of methoxy groups -OCH3 is 1. The fourth-order valence-corrected chi connectivity index (χ4v) is 0.975. The summed E-state index contributed by atoms with van der Waals surface area (Å²) in [5, 5.41) is 10.5. The van der Waals surface area contributed by atoms with Gasteiger partial charge in [0.05, 0.1) is 12.0 Å². The van der Waals surface area contributed by atoms with Crippen molar-refractivity contribution >= 4 is 12.2 Å². The molecule has 1 aromatic carbocycles. The Morgan fingerprint density at radius 1 is 1.50 bits per heavy atom. The molecule has 0 saturated carbocycles. The molecule has 0 N–H and O–H groups in total. The largest absolute Gasteiger partial charge is 0.493 e. The summed E-state index contributed by atoms with van der Waals surface area (Å²) in [6.07, 6.45) is 0. The first kappa shape index (κ1) is 9.97. The van der Waals surface area contributed by atoms with E-state index in [2.05, 4.69) is 4.74 Å². The van der Waals surface area contributed by atoms with Crippen LogP contribution in [0, 0.1) is 10.1 Å². The molecule has 0 spiro atoms. The van der Waals surface area contributed by atoms with Crippen LogP contribution < -0.4 is 9.47 Å². The van der Waals surface area contributed by atoms with Gasteiger partial charge in [-0.1, -0.05) is 6.07 Å². The maximum absolute atomic E-state index is 10.5. The normalized spacial score (nSPS) is 9.21. The van der Waals surface area contributed by atoms with E-state index in [0.29, 0.717) is 0 Å². The number of para-hydroxylation sites is 1. The van der Waals surface area contributed by atoms with E-state index in [1.54, 1.807) is 0 Å². The van der Waals surface area contributed by atoms with Crippen molar-refractivity contribution < 1.29 is 19.2 Å². The van der Waals surface area contributed by atoms with Crippen LogP contribution in [0.5, 0.6) is 11.5 Å². The molecule has 0 aliphatic rings. The van der Waals surface area contributed by atoms with Crippen LogP contribution in [-0.2, 0) is 4.79 Å². The third-order valence-electron chi connectivity index (χ3n) is 1.54. The van der Waals surface area contributed by atoms with Crippen molar-refractivity contribution in [1.82, 2.24) is 0 Å². The van der Waals surface area contributed by atoms with Gasteiger partial charge in [0.2, 0.25) is 5.75 Å². The molecule has 6 heteroatoms. The molecule has 0 unspecified atom stereocenters. The van der Waals surface area contributed by atoms with E-state index < -0.39 is 4.92 Å². The summed E-state index contributed by atoms with van der Waals surface area (Å²) in [7, 11) is 1.33. The van der Waals surface area contributed by atoms with Gasteiger partial charge in [0.15, 0.2) is 5.75 Å². The highest BCUT2D eigenvalue weighted by atomic mass is 16.6. The van der Waals surface area contributed by atoms with E-state index in [1.807, 2.05) is 0 Å². The Morgan fingerprint density at radius 2 is 2.21 bits per heavy atom. The molecular weight excluding hydrogens is 190 g/mol. The number of hydrogen-bond acceptors (Lipinski definition) is 5. The maximum atomic E-state index is 10.5. The number of carbonyl (C=O) groups excluding carboxylic acids is 1. The number of carbonyl (C=O) groups is 1. The number of nitro groups is 1. The highest BCUT2D eigenvalue weighted by molar-refractivity contribution is 5.60. The van der Waals surface area contributed by atoms with Crippen LogP contribution in [0.4, 0.5) is 5.69 Å². The number of nitro benzene ring substituents is 1. The Bertz CT molecular complexity index is 363.